The van der Waals surface area contributed by atoms with Crippen molar-refractivity contribution in [2.75, 3.05) is 6.26 Å². The van der Waals surface area contributed by atoms with Crippen LogP contribution in [0.2, 0.25) is 5.02 Å². The Morgan fingerprint density at radius 1 is 1.14 bits per heavy atom. The van der Waals surface area contributed by atoms with Gasteiger partial charge in [0.1, 0.15) is 15.7 Å². The van der Waals surface area contributed by atoms with E-state index in [9.17, 15) is 12.6 Å². The molecule has 0 saturated carbocycles. The van der Waals surface area contributed by atoms with E-state index in [1.54, 1.807) is 44.2 Å². The molecule has 1 aromatic heterocycles. The summed E-state index contributed by atoms with van der Waals surface area (Å²) >= 11 is 5.81. The molecule has 0 amide bonds. The third-order valence-electron chi connectivity index (χ3n) is 2.83. The summed E-state index contributed by atoms with van der Waals surface area (Å²) in [4.78, 5) is 4.68. The summed E-state index contributed by atoms with van der Waals surface area (Å²) < 4.78 is 36.6. The standard InChI is InChI=1S/C14H14ClNO3S2/c1-9-8-10(2)16-14(13(9)21(3,18)19)20(17)12-6-4-11(15)5-7-12/h4-8H,1-3H3/t20-/m1/s1. The molecule has 0 aliphatic rings. The van der Waals surface area contributed by atoms with Crippen LogP contribution >= 0.6 is 11.6 Å². The molecule has 0 aliphatic heterocycles. The molecule has 0 bridgehead atoms. The first kappa shape index (κ1) is 16.1. The average Bonchev–Trinajstić information content (AvgIpc) is 2.36. The number of benzene rings is 1. The van der Waals surface area contributed by atoms with Crippen LogP contribution in [0.4, 0.5) is 0 Å². The second kappa shape index (κ2) is 5.87. The van der Waals surface area contributed by atoms with Gasteiger partial charge in [-0.15, -0.1) is 0 Å². The van der Waals surface area contributed by atoms with Crippen LogP contribution in [0, 0.1) is 13.8 Å². The average molecular weight is 344 g/mol. The summed E-state index contributed by atoms with van der Waals surface area (Å²) in [6, 6.07) is 8.09. The number of aromatic nitrogens is 1. The monoisotopic (exact) mass is 343 g/mol. The Bertz CT molecular complexity index is 815. The molecule has 0 spiro atoms. The van der Waals surface area contributed by atoms with Gasteiger partial charge in [0.2, 0.25) is 0 Å². The number of rotatable bonds is 3. The van der Waals surface area contributed by atoms with E-state index in [2.05, 4.69) is 4.98 Å². The Hall–Kier alpha value is -1.24. The van der Waals surface area contributed by atoms with Crippen LogP contribution in [0.5, 0.6) is 0 Å². The molecular weight excluding hydrogens is 330 g/mol. The number of nitrogens with zero attached hydrogens (tertiary/aromatic N) is 1. The van der Waals surface area contributed by atoms with Gasteiger partial charge in [0.25, 0.3) is 0 Å². The predicted molar refractivity (Wildman–Crippen MR) is 82.9 cm³/mol. The quantitative estimate of drug-likeness (QED) is 0.859. The number of hydrogen-bond donors (Lipinski definition) is 0. The van der Waals surface area contributed by atoms with Gasteiger partial charge in [0.15, 0.2) is 14.9 Å². The molecule has 2 rings (SSSR count). The smallest absolute Gasteiger partial charge is 0.178 e. The fourth-order valence-electron chi connectivity index (χ4n) is 2.04. The van der Waals surface area contributed by atoms with E-state index < -0.39 is 20.6 Å². The van der Waals surface area contributed by atoms with Crippen molar-refractivity contribution in [1.29, 1.82) is 0 Å². The first-order valence-corrected chi connectivity index (χ1v) is 9.47. The molecule has 0 fully saturated rings. The molecule has 2 aromatic rings. The summed E-state index contributed by atoms with van der Waals surface area (Å²) in [7, 11) is -5.21. The van der Waals surface area contributed by atoms with Crippen molar-refractivity contribution in [1.82, 2.24) is 4.98 Å². The number of pyridine rings is 1. The van der Waals surface area contributed by atoms with Gasteiger partial charge in [-0.25, -0.2) is 17.6 Å². The lowest BCUT2D eigenvalue weighted by atomic mass is 10.2. The Kier molecular flexibility index (Phi) is 4.51. The Labute approximate surface area is 131 Å². The molecule has 4 nitrogen and oxygen atoms in total. The molecule has 7 heteroatoms. The third-order valence-corrected chi connectivity index (χ3v) is 5.81. The lowest BCUT2D eigenvalue weighted by molar-refractivity contribution is 0.596. The van der Waals surface area contributed by atoms with Crippen molar-refractivity contribution in [3.63, 3.8) is 0 Å². The summed E-state index contributed by atoms with van der Waals surface area (Å²) in [5, 5.41) is 0.588. The maximum atomic E-state index is 12.7. The van der Waals surface area contributed by atoms with E-state index in [0.29, 0.717) is 21.2 Å². The summed E-state index contributed by atoms with van der Waals surface area (Å²) in [5.74, 6) is 0. The van der Waals surface area contributed by atoms with Crippen LogP contribution in [0.25, 0.3) is 0 Å². The van der Waals surface area contributed by atoms with Crippen LogP contribution in [0.1, 0.15) is 11.3 Å². The molecule has 0 radical (unpaired) electrons. The molecule has 0 aliphatic carbocycles. The van der Waals surface area contributed by atoms with Crippen LogP contribution in [-0.2, 0) is 20.6 Å². The van der Waals surface area contributed by atoms with Crippen LogP contribution < -0.4 is 0 Å². The second-order valence-corrected chi connectivity index (χ2v) is 8.49. The molecule has 112 valence electrons. The zero-order valence-corrected chi connectivity index (χ0v) is 14.1. The topological polar surface area (TPSA) is 64.1 Å². The molecule has 0 N–H and O–H groups in total. The van der Waals surface area contributed by atoms with Gasteiger partial charge in [0.05, 0.1) is 0 Å². The highest BCUT2D eigenvalue weighted by molar-refractivity contribution is 7.92. The minimum Gasteiger partial charge on any atom is -0.247 e. The van der Waals surface area contributed by atoms with Crippen LogP contribution in [-0.4, -0.2) is 23.9 Å². The zero-order chi connectivity index (χ0) is 15.8. The van der Waals surface area contributed by atoms with E-state index in [0.717, 1.165) is 6.26 Å². The predicted octanol–water partition coefficient (Wildman–Crippen LogP) is 2.92. The fourth-order valence-corrected chi connectivity index (χ4v) is 5.01. The van der Waals surface area contributed by atoms with E-state index in [1.165, 1.54) is 0 Å². The molecule has 1 heterocycles. The van der Waals surface area contributed by atoms with Crippen molar-refractivity contribution in [3.8, 4) is 0 Å². The van der Waals surface area contributed by atoms with Gasteiger partial charge >= 0.3 is 0 Å². The normalized spacial score (nSPS) is 13.1. The SMILES string of the molecule is Cc1cc(C)c(S(C)(=O)=O)c([S@](=O)c2ccc(Cl)cc2)n1. The van der Waals surface area contributed by atoms with E-state index in [4.69, 9.17) is 11.6 Å². The minimum atomic E-state index is -3.52. The maximum absolute atomic E-state index is 12.7. The van der Waals surface area contributed by atoms with E-state index in [1.807, 2.05) is 0 Å². The maximum Gasteiger partial charge on any atom is 0.178 e. The molecule has 21 heavy (non-hydrogen) atoms. The largest absolute Gasteiger partial charge is 0.247 e. The van der Waals surface area contributed by atoms with Gasteiger partial charge in [-0.2, -0.15) is 0 Å². The number of halogens is 1. The second-order valence-electron chi connectivity index (χ2n) is 4.71. The van der Waals surface area contributed by atoms with Gasteiger partial charge in [-0.3, -0.25) is 0 Å². The molecular formula is C14H14ClNO3S2. The van der Waals surface area contributed by atoms with Gasteiger partial charge < -0.3 is 0 Å². The summed E-state index contributed by atoms with van der Waals surface area (Å²) in [5.41, 5.74) is 1.17. The van der Waals surface area contributed by atoms with Gasteiger partial charge in [-0.1, -0.05) is 11.6 Å². The Morgan fingerprint density at radius 3 is 2.24 bits per heavy atom. The zero-order valence-electron chi connectivity index (χ0n) is 11.8. The van der Waals surface area contributed by atoms with Crippen LogP contribution in [0.15, 0.2) is 45.1 Å². The Balaban J connectivity index is 2.68. The first-order valence-electron chi connectivity index (χ1n) is 6.06. The molecule has 0 saturated heterocycles. The van der Waals surface area contributed by atoms with Gasteiger partial charge in [-0.05, 0) is 49.7 Å². The Morgan fingerprint density at radius 2 is 1.71 bits per heavy atom. The van der Waals surface area contributed by atoms with Crippen molar-refractivity contribution in [3.05, 3.63) is 46.6 Å². The van der Waals surface area contributed by atoms with Gasteiger partial charge in [0, 0.05) is 21.9 Å². The number of aryl methyl sites for hydroxylation is 2. The highest BCUT2D eigenvalue weighted by Crippen LogP contribution is 2.26. The van der Waals surface area contributed by atoms with Crippen LogP contribution in [0.3, 0.4) is 0 Å². The van der Waals surface area contributed by atoms with E-state index >= 15 is 0 Å². The van der Waals surface area contributed by atoms with E-state index in [-0.39, 0.29) is 9.92 Å². The van der Waals surface area contributed by atoms with Crippen molar-refractivity contribution < 1.29 is 12.6 Å². The molecule has 0 unspecified atom stereocenters. The van der Waals surface area contributed by atoms with Crippen molar-refractivity contribution >= 4 is 32.2 Å². The lowest BCUT2D eigenvalue weighted by Gasteiger charge is -2.11. The van der Waals surface area contributed by atoms with Crippen molar-refractivity contribution in [2.24, 2.45) is 0 Å². The first-order chi connectivity index (χ1) is 9.70. The lowest BCUT2D eigenvalue weighted by Crippen LogP contribution is -2.10. The number of sulfone groups is 1. The van der Waals surface area contributed by atoms with Crippen molar-refractivity contribution in [2.45, 2.75) is 28.7 Å². The minimum absolute atomic E-state index is 0.0291. The molecule has 1 atom stereocenters. The summed E-state index contributed by atoms with van der Waals surface area (Å²) in [6.45, 7) is 3.41. The highest BCUT2D eigenvalue weighted by Gasteiger charge is 2.23. The molecule has 1 aromatic carbocycles. The third kappa shape index (κ3) is 3.51. The highest BCUT2D eigenvalue weighted by atomic mass is 35.5. The fraction of sp³-hybridized carbons (Fsp3) is 0.214. The summed E-state index contributed by atoms with van der Waals surface area (Å²) in [6.07, 6.45) is 1.09. The number of hydrogen-bond acceptors (Lipinski definition) is 4.